The highest BCUT2D eigenvalue weighted by atomic mass is 35.5. The van der Waals surface area contributed by atoms with Gasteiger partial charge < -0.3 is 9.26 Å². The molecule has 1 heterocycles. The molecule has 0 unspecified atom stereocenters. The lowest BCUT2D eigenvalue weighted by atomic mass is 10.2. The van der Waals surface area contributed by atoms with Gasteiger partial charge in [-0.2, -0.15) is 9.29 Å². The quantitative estimate of drug-likeness (QED) is 0.525. The summed E-state index contributed by atoms with van der Waals surface area (Å²) in [6.45, 7) is 1.14. The van der Waals surface area contributed by atoms with Gasteiger partial charge in [-0.3, -0.25) is 4.79 Å². The summed E-state index contributed by atoms with van der Waals surface area (Å²) in [4.78, 5) is 16.3. The zero-order chi connectivity index (χ0) is 21.0. The van der Waals surface area contributed by atoms with Crippen LogP contribution >= 0.6 is 11.6 Å². The van der Waals surface area contributed by atoms with Crippen molar-refractivity contribution >= 4 is 27.6 Å². The van der Waals surface area contributed by atoms with Crippen LogP contribution in [0.5, 0.6) is 0 Å². The molecule has 0 saturated carbocycles. The molecule has 0 atom stereocenters. The van der Waals surface area contributed by atoms with E-state index in [0.29, 0.717) is 16.4 Å². The summed E-state index contributed by atoms with van der Waals surface area (Å²) in [6.07, 6.45) is 0. The third-order valence-electron chi connectivity index (χ3n) is 4.01. The van der Waals surface area contributed by atoms with Crippen LogP contribution in [0.1, 0.15) is 11.5 Å². The van der Waals surface area contributed by atoms with Crippen molar-refractivity contribution in [3.63, 3.8) is 0 Å². The van der Waals surface area contributed by atoms with Gasteiger partial charge in [0, 0.05) is 17.6 Å². The topological polar surface area (TPSA) is 103 Å². The first kappa shape index (κ1) is 21.0. The van der Waals surface area contributed by atoms with Gasteiger partial charge in [0.25, 0.3) is 5.89 Å². The summed E-state index contributed by atoms with van der Waals surface area (Å²) in [5, 5.41) is 4.39. The van der Waals surface area contributed by atoms with Crippen LogP contribution in [0.25, 0.3) is 11.4 Å². The molecule has 2 aromatic carbocycles. The number of hydrogen-bond donors (Lipinski definition) is 0. The van der Waals surface area contributed by atoms with Crippen molar-refractivity contribution in [1.29, 1.82) is 0 Å². The normalized spacial score (nSPS) is 11.6. The predicted octanol–water partition coefficient (Wildman–Crippen LogP) is 3.06. The Bertz CT molecular complexity index is 1100. The molecule has 0 saturated heterocycles. The van der Waals surface area contributed by atoms with E-state index in [4.69, 9.17) is 20.9 Å². The molecule has 8 nitrogen and oxygen atoms in total. The van der Waals surface area contributed by atoms with Crippen LogP contribution < -0.4 is 0 Å². The molecule has 29 heavy (non-hydrogen) atoms. The number of likely N-dealkylation sites (N-methyl/N-ethyl adjacent to an activating group) is 1. The fourth-order valence-corrected chi connectivity index (χ4v) is 3.62. The second-order valence-corrected chi connectivity index (χ2v) is 8.73. The fraction of sp³-hybridized carbons (Fsp3) is 0.211. The SMILES string of the molecule is Cc1ccc(S(=O)(=O)N(C)CC(=O)OCc2nc(-c3ccc(Cl)cc3)no2)cc1. The average Bonchev–Trinajstić information content (AvgIpc) is 3.16. The molecule has 3 rings (SSSR count). The predicted molar refractivity (Wildman–Crippen MR) is 106 cm³/mol. The number of ether oxygens (including phenoxy) is 1. The second kappa shape index (κ2) is 8.73. The Kier molecular flexibility index (Phi) is 6.31. The number of esters is 1. The first-order chi connectivity index (χ1) is 13.8. The van der Waals surface area contributed by atoms with Crippen molar-refractivity contribution in [2.75, 3.05) is 13.6 Å². The van der Waals surface area contributed by atoms with E-state index in [0.717, 1.165) is 9.87 Å². The minimum atomic E-state index is -3.80. The number of aryl methyl sites for hydroxylation is 1. The summed E-state index contributed by atoms with van der Waals surface area (Å²) in [7, 11) is -2.49. The van der Waals surface area contributed by atoms with Crippen LogP contribution in [0, 0.1) is 6.92 Å². The standard InChI is InChI=1S/C19H18ClN3O5S/c1-13-3-9-16(10-4-13)29(25,26)23(2)11-18(24)27-12-17-21-19(22-28-17)14-5-7-15(20)8-6-14/h3-10H,11-12H2,1-2H3. The smallest absolute Gasteiger partial charge is 0.321 e. The lowest BCUT2D eigenvalue weighted by molar-refractivity contribution is -0.145. The Morgan fingerprint density at radius 1 is 1.14 bits per heavy atom. The fourth-order valence-electron chi connectivity index (χ4n) is 2.37. The number of sulfonamides is 1. The number of benzene rings is 2. The van der Waals surface area contributed by atoms with Crippen LogP contribution in [0.3, 0.4) is 0 Å². The molecule has 152 valence electrons. The summed E-state index contributed by atoms with van der Waals surface area (Å²) in [6, 6.07) is 13.2. The molecule has 0 aliphatic carbocycles. The van der Waals surface area contributed by atoms with Crippen LogP contribution in [0.4, 0.5) is 0 Å². The second-order valence-electron chi connectivity index (χ2n) is 6.25. The van der Waals surface area contributed by atoms with Gasteiger partial charge >= 0.3 is 5.97 Å². The zero-order valence-corrected chi connectivity index (χ0v) is 17.3. The van der Waals surface area contributed by atoms with Gasteiger partial charge in [0.1, 0.15) is 6.54 Å². The number of hydrogen-bond acceptors (Lipinski definition) is 7. The molecule has 0 spiro atoms. The Morgan fingerprint density at radius 3 is 2.45 bits per heavy atom. The Balaban J connectivity index is 1.57. The summed E-state index contributed by atoms with van der Waals surface area (Å²) in [5.74, 6) is -0.325. The molecule has 0 N–H and O–H groups in total. The minimum absolute atomic E-state index is 0.0901. The highest BCUT2D eigenvalue weighted by molar-refractivity contribution is 7.89. The Labute approximate surface area is 173 Å². The number of rotatable bonds is 7. The highest BCUT2D eigenvalue weighted by Crippen LogP contribution is 2.19. The summed E-state index contributed by atoms with van der Waals surface area (Å²) < 4.78 is 36.0. The van der Waals surface area contributed by atoms with Crippen molar-refractivity contribution in [3.8, 4) is 11.4 Å². The maximum Gasteiger partial charge on any atom is 0.321 e. The third-order valence-corrected chi connectivity index (χ3v) is 6.08. The molecular weight excluding hydrogens is 418 g/mol. The van der Waals surface area contributed by atoms with E-state index in [1.165, 1.54) is 19.2 Å². The molecular formula is C19H18ClN3O5S. The number of carbonyl (C=O) groups excluding carboxylic acids is 1. The average molecular weight is 436 g/mol. The first-order valence-corrected chi connectivity index (χ1v) is 10.3. The van der Waals surface area contributed by atoms with Gasteiger partial charge in [-0.25, -0.2) is 8.42 Å². The van der Waals surface area contributed by atoms with E-state index < -0.39 is 22.5 Å². The van der Waals surface area contributed by atoms with Gasteiger partial charge in [0.05, 0.1) is 4.90 Å². The molecule has 0 radical (unpaired) electrons. The molecule has 0 bridgehead atoms. The zero-order valence-electron chi connectivity index (χ0n) is 15.7. The molecule has 1 aromatic heterocycles. The van der Waals surface area contributed by atoms with Crippen LogP contribution in [-0.4, -0.2) is 42.4 Å². The van der Waals surface area contributed by atoms with Crippen molar-refractivity contribution in [1.82, 2.24) is 14.4 Å². The van der Waals surface area contributed by atoms with Crippen molar-refractivity contribution in [3.05, 3.63) is 65.0 Å². The maximum atomic E-state index is 12.5. The van der Waals surface area contributed by atoms with E-state index in [2.05, 4.69) is 10.1 Å². The molecule has 10 heteroatoms. The lowest BCUT2D eigenvalue weighted by Crippen LogP contribution is -2.33. The summed E-state index contributed by atoms with van der Waals surface area (Å²) in [5.41, 5.74) is 1.63. The molecule has 0 fully saturated rings. The molecule has 0 aliphatic heterocycles. The van der Waals surface area contributed by atoms with E-state index in [1.54, 1.807) is 36.4 Å². The van der Waals surface area contributed by atoms with Crippen LogP contribution in [-0.2, 0) is 26.2 Å². The van der Waals surface area contributed by atoms with E-state index >= 15 is 0 Å². The van der Waals surface area contributed by atoms with Gasteiger partial charge in [-0.05, 0) is 43.3 Å². The van der Waals surface area contributed by atoms with Crippen LogP contribution in [0.2, 0.25) is 5.02 Å². The van der Waals surface area contributed by atoms with Crippen molar-refractivity contribution in [2.45, 2.75) is 18.4 Å². The van der Waals surface area contributed by atoms with Crippen molar-refractivity contribution < 1.29 is 22.5 Å². The molecule has 0 amide bonds. The van der Waals surface area contributed by atoms with E-state index in [-0.39, 0.29) is 17.4 Å². The Hall–Kier alpha value is -2.75. The third kappa shape index (κ3) is 5.20. The monoisotopic (exact) mass is 435 g/mol. The molecule has 3 aromatic rings. The number of carbonyl (C=O) groups is 1. The van der Waals surface area contributed by atoms with Crippen LogP contribution in [0.15, 0.2) is 57.9 Å². The van der Waals surface area contributed by atoms with Crippen molar-refractivity contribution in [2.24, 2.45) is 0 Å². The number of aromatic nitrogens is 2. The summed E-state index contributed by atoms with van der Waals surface area (Å²) >= 11 is 5.84. The van der Waals surface area contributed by atoms with E-state index in [1.807, 2.05) is 6.92 Å². The first-order valence-electron chi connectivity index (χ1n) is 8.53. The molecule has 0 aliphatic rings. The maximum absolute atomic E-state index is 12.5. The number of halogens is 1. The number of nitrogens with zero attached hydrogens (tertiary/aromatic N) is 3. The highest BCUT2D eigenvalue weighted by Gasteiger charge is 2.23. The largest absolute Gasteiger partial charge is 0.455 e. The minimum Gasteiger partial charge on any atom is -0.455 e. The van der Waals surface area contributed by atoms with Gasteiger partial charge in [0.15, 0.2) is 6.61 Å². The van der Waals surface area contributed by atoms with E-state index in [9.17, 15) is 13.2 Å². The Morgan fingerprint density at radius 2 is 1.79 bits per heavy atom. The lowest BCUT2D eigenvalue weighted by Gasteiger charge is -2.16. The van der Waals surface area contributed by atoms with Gasteiger partial charge in [-0.15, -0.1) is 0 Å². The van der Waals surface area contributed by atoms with Gasteiger partial charge in [0.2, 0.25) is 15.8 Å². The van der Waals surface area contributed by atoms with Gasteiger partial charge in [-0.1, -0.05) is 34.5 Å².